The summed E-state index contributed by atoms with van der Waals surface area (Å²) < 4.78 is 49.2. The highest BCUT2D eigenvalue weighted by Crippen LogP contribution is 2.45. The van der Waals surface area contributed by atoms with Gasteiger partial charge in [-0.2, -0.15) is 13.2 Å². The lowest BCUT2D eigenvalue weighted by atomic mass is 10.1. The minimum atomic E-state index is -4.72. The zero-order valence-corrected chi connectivity index (χ0v) is 12.3. The van der Waals surface area contributed by atoms with Crippen molar-refractivity contribution in [3.8, 4) is 11.5 Å². The average Bonchev–Trinajstić information content (AvgIpc) is 2.47. The summed E-state index contributed by atoms with van der Waals surface area (Å²) in [5.41, 5.74) is -1.34. The third kappa shape index (κ3) is 3.03. The molecule has 1 amide bonds. The van der Waals surface area contributed by atoms with Crippen LogP contribution in [-0.4, -0.2) is 36.7 Å². The van der Waals surface area contributed by atoms with E-state index in [1.165, 1.54) is 6.92 Å². The number of methoxy groups -OCH3 is 1. The van der Waals surface area contributed by atoms with Crippen molar-refractivity contribution in [2.75, 3.05) is 18.6 Å². The number of amides is 1. The highest BCUT2D eigenvalue weighted by atomic mass is 19.4. The molecule has 1 aromatic rings. The fourth-order valence-corrected chi connectivity index (χ4v) is 2.40. The molecule has 0 aliphatic carbocycles. The summed E-state index contributed by atoms with van der Waals surface area (Å²) in [4.78, 5) is 24.1. The van der Waals surface area contributed by atoms with E-state index in [4.69, 9.17) is 9.47 Å². The quantitative estimate of drug-likeness (QED) is 0.915. The smallest absolute Gasteiger partial charge is 0.420 e. The molecule has 2 rings (SSSR count). The number of hydrogen-bond acceptors (Lipinski definition) is 4. The molecular formula is C14H14F3NO5. The number of carboxylic acids is 1. The molecule has 126 valence electrons. The number of rotatable bonds is 4. The zero-order valence-electron chi connectivity index (χ0n) is 12.3. The summed E-state index contributed by atoms with van der Waals surface area (Å²) in [5, 5.41) is 9.22. The van der Waals surface area contributed by atoms with Crippen molar-refractivity contribution in [1.29, 1.82) is 0 Å². The molecule has 0 fully saturated rings. The van der Waals surface area contributed by atoms with Crippen molar-refractivity contribution in [1.82, 2.24) is 0 Å². The fourth-order valence-electron chi connectivity index (χ4n) is 2.40. The predicted octanol–water partition coefficient (Wildman–Crippen LogP) is 2.30. The molecule has 1 aliphatic rings. The molecule has 0 spiro atoms. The first-order valence-corrected chi connectivity index (χ1v) is 6.67. The second-order valence-electron chi connectivity index (χ2n) is 4.83. The van der Waals surface area contributed by atoms with Gasteiger partial charge in [0.1, 0.15) is 17.5 Å². The molecule has 1 N–H and O–H groups in total. The normalized spacial score (nSPS) is 15.7. The molecule has 9 heteroatoms. The summed E-state index contributed by atoms with van der Waals surface area (Å²) in [5.74, 6) is -2.52. The Bertz CT molecular complexity index is 644. The van der Waals surface area contributed by atoms with Gasteiger partial charge in [0, 0.05) is 6.07 Å². The van der Waals surface area contributed by atoms with Crippen LogP contribution in [0.3, 0.4) is 0 Å². The molecule has 0 bridgehead atoms. The molecule has 23 heavy (non-hydrogen) atoms. The SMILES string of the molecule is CCC(C(=O)O)N1C(=O)COc2cc(OC)c(C(F)(F)F)cc21. The lowest BCUT2D eigenvalue weighted by molar-refractivity contribution is -0.140. The van der Waals surface area contributed by atoms with Gasteiger partial charge in [0.2, 0.25) is 0 Å². The standard InChI is InChI=1S/C14H14F3NO5/c1-3-8(13(20)21)18-9-4-7(14(15,16)17)10(22-2)5-11(9)23-6-12(18)19/h4-5,8H,3,6H2,1-2H3,(H,20,21). The molecular weight excluding hydrogens is 319 g/mol. The Labute approximate surface area is 129 Å². The Morgan fingerprint density at radius 3 is 2.61 bits per heavy atom. The minimum Gasteiger partial charge on any atom is -0.496 e. The van der Waals surface area contributed by atoms with Crippen LogP contribution < -0.4 is 14.4 Å². The van der Waals surface area contributed by atoms with E-state index in [1.807, 2.05) is 0 Å². The second kappa shape index (κ2) is 5.98. The maximum Gasteiger partial charge on any atom is 0.420 e. The van der Waals surface area contributed by atoms with Crippen molar-refractivity contribution in [3.05, 3.63) is 17.7 Å². The van der Waals surface area contributed by atoms with Crippen molar-refractivity contribution in [3.63, 3.8) is 0 Å². The van der Waals surface area contributed by atoms with Gasteiger partial charge >= 0.3 is 12.1 Å². The van der Waals surface area contributed by atoms with Gasteiger partial charge in [-0.15, -0.1) is 0 Å². The van der Waals surface area contributed by atoms with Crippen molar-refractivity contribution < 1.29 is 37.3 Å². The lowest BCUT2D eigenvalue weighted by Crippen LogP contribution is -2.49. The van der Waals surface area contributed by atoms with Gasteiger partial charge in [0.25, 0.3) is 5.91 Å². The molecule has 1 aromatic carbocycles. The molecule has 1 aliphatic heterocycles. The first kappa shape index (κ1) is 16.9. The van der Waals surface area contributed by atoms with Crippen LogP contribution in [0, 0.1) is 0 Å². The van der Waals surface area contributed by atoms with E-state index in [0.29, 0.717) is 6.07 Å². The van der Waals surface area contributed by atoms with Gasteiger partial charge < -0.3 is 14.6 Å². The maximum absolute atomic E-state index is 13.1. The molecule has 0 saturated carbocycles. The topological polar surface area (TPSA) is 76.1 Å². The first-order valence-electron chi connectivity index (χ1n) is 6.67. The number of halogens is 3. The molecule has 1 heterocycles. The largest absolute Gasteiger partial charge is 0.496 e. The van der Waals surface area contributed by atoms with E-state index in [1.54, 1.807) is 0 Å². The summed E-state index contributed by atoms with van der Waals surface area (Å²) in [6.07, 6.45) is -4.69. The van der Waals surface area contributed by atoms with Gasteiger partial charge in [-0.3, -0.25) is 9.69 Å². The second-order valence-corrected chi connectivity index (χ2v) is 4.83. The Balaban J connectivity index is 2.65. The fraction of sp³-hybridized carbons (Fsp3) is 0.429. The van der Waals surface area contributed by atoms with E-state index < -0.39 is 42.0 Å². The van der Waals surface area contributed by atoms with Gasteiger partial charge in [0.05, 0.1) is 18.4 Å². The van der Waals surface area contributed by atoms with E-state index in [0.717, 1.165) is 18.1 Å². The van der Waals surface area contributed by atoms with E-state index in [2.05, 4.69) is 0 Å². The van der Waals surface area contributed by atoms with Crippen molar-refractivity contribution >= 4 is 17.6 Å². The highest BCUT2D eigenvalue weighted by molar-refractivity contribution is 6.02. The van der Waals surface area contributed by atoms with Gasteiger partial charge in [0.15, 0.2) is 6.61 Å². The first-order chi connectivity index (χ1) is 10.7. The van der Waals surface area contributed by atoms with Crippen LogP contribution in [0.4, 0.5) is 18.9 Å². The monoisotopic (exact) mass is 333 g/mol. The number of fused-ring (bicyclic) bond motifs is 1. The number of anilines is 1. The van der Waals surface area contributed by atoms with Crippen LogP contribution in [0.5, 0.6) is 11.5 Å². The Kier molecular flexibility index (Phi) is 4.39. The number of carbonyl (C=O) groups excluding carboxylic acids is 1. The average molecular weight is 333 g/mol. The summed E-state index contributed by atoms with van der Waals surface area (Å²) >= 11 is 0. The van der Waals surface area contributed by atoms with E-state index in [-0.39, 0.29) is 17.9 Å². The number of ether oxygens (including phenoxy) is 2. The number of carbonyl (C=O) groups is 2. The Morgan fingerprint density at radius 2 is 2.13 bits per heavy atom. The van der Waals surface area contributed by atoms with Crippen LogP contribution in [-0.2, 0) is 15.8 Å². The number of hydrogen-bond donors (Lipinski definition) is 1. The zero-order chi connectivity index (χ0) is 17.4. The number of alkyl halides is 3. The van der Waals surface area contributed by atoms with E-state index in [9.17, 15) is 27.9 Å². The molecule has 1 unspecified atom stereocenters. The Hall–Kier alpha value is -2.45. The molecule has 1 atom stereocenters. The molecule has 0 radical (unpaired) electrons. The van der Waals surface area contributed by atoms with Crippen molar-refractivity contribution in [2.24, 2.45) is 0 Å². The lowest BCUT2D eigenvalue weighted by Gasteiger charge is -2.34. The molecule has 0 aromatic heterocycles. The third-order valence-corrected chi connectivity index (χ3v) is 3.45. The predicted molar refractivity (Wildman–Crippen MR) is 72.7 cm³/mol. The third-order valence-electron chi connectivity index (χ3n) is 3.45. The summed E-state index contributed by atoms with van der Waals surface area (Å²) in [7, 11) is 1.08. The number of nitrogens with zero attached hydrogens (tertiary/aromatic N) is 1. The number of carboxylic acid groups (broad SMARTS) is 1. The van der Waals surface area contributed by atoms with E-state index >= 15 is 0 Å². The minimum absolute atomic E-state index is 0.0332. The van der Waals surface area contributed by atoms with Crippen LogP contribution in [0.1, 0.15) is 18.9 Å². The van der Waals surface area contributed by atoms with Gasteiger partial charge in [-0.05, 0) is 12.5 Å². The van der Waals surface area contributed by atoms with Gasteiger partial charge in [-0.1, -0.05) is 6.92 Å². The van der Waals surface area contributed by atoms with Crippen molar-refractivity contribution in [2.45, 2.75) is 25.6 Å². The molecule has 6 nitrogen and oxygen atoms in total. The van der Waals surface area contributed by atoms with Crippen LogP contribution >= 0.6 is 0 Å². The summed E-state index contributed by atoms with van der Waals surface area (Å²) in [6.45, 7) is 1.07. The highest BCUT2D eigenvalue weighted by Gasteiger charge is 2.40. The molecule has 0 saturated heterocycles. The Morgan fingerprint density at radius 1 is 1.48 bits per heavy atom. The van der Waals surface area contributed by atoms with Crippen LogP contribution in [0.2, 0.25) is 0 Å². The number of benzene rings is 1. The van der Waals surface area contributed by atoms with Crippen LogP contribution in [0.15, 0.2) is 12.1 Å². The summed E-state index contributed by atoms with van der Waals surface area (Å²) in [6, 6.07) is 0.405. The van der Waals surface area contributed by atoms with Gasteiger partial charge in [-0.25, -0.2) is 4.79 Å². The van der Waals surface area contributed by atoms with Crippen LogP contribution in [0.25, 0.3) is 0 Å². The maximum atomic E-state index is 13.1. The number of aliphatic carboxylic acids is 1.